The molecule has 1 amide bonds. The molecule has 2 fully saturated rings. The summed E-state index contributed by atoms with van der Waals surface area (Å²) in [5.74, 6) is 1.21. The van der Waals surface area contributed by atoms with Gasteiger partial charge in [-0.3, -0.25) is 9.20 Å². The van der Waals surface area contributed by atoms with Crippen LogP contribution >= 0.6 is 0 Å². The largest absolute Gasteiger partial charge is 0.455 e. The molecule has 10 heteroatoms. The first-order valence-corrected chi connectivity index (χ1v) is 12.1. The Morgan fingerprint density at radius 1 is 1.10 bits per heavy atom. The molecule has 5 rings (SSSR count). The zero-order valence-electron chi connectivity index (χ0n) is 17.4. The maximum atomic E-state index is 13.0. The van der Waals surface area contributed by atoms with Gasteiger partial charge in [0, 0.05) is 44.4 Å². The average molecular weight is 444 g/mol. The van der Waals surface area contributed by atoms with E-state index in [9.17, 15) is 13.2 Å². The van der Waals surface area contributed by atoms with Crippen molar-refractivity contribution < 1.29 is 17.6 Å². The van der Waals surface area contributed by atoms with Gasteiger partial charge in [0.1, 0.15) is 16.5 Å². The summed E-state index contributed by atoms with van der Waals surface area (Å²) in [5.41, 5.74) is 0.814. The lowest BCUT2D eigenvalue weighted by atomic mass is 9.96. The van der Waals surface area contributed by atoms with E-state index in [1.54, 1.807) is 11.8 Å². The fourth-order valence-electron chi connectivity index (χ4n) is 4.53. The summed E-state index contributed by atoms with van der Waals surface area (Å²) in [7, 11) is -3.62. The maximum absolute atomic E-state index is 13.0. The van der Waals surface area contributed by atoms with Crippen molar-refractivity contribution in [3.8, 4) is 0 Å². The molecule has 0 aromatic carbocycles. The highest BCUT2D eigenvalue weighted by atomic mass is 32.2. The summed E-state index contributed by atoms with van der Waals surface area (Å²) >= 11 is 0. The summed E-state index contributed by atoms with van der Waals surface area (Å²) in [6.45, 7) is 3.74. The van der Waals surface area contributed by atoms with Crippen LogP contribution in [0.15, 0.2) is 39.8 Å². The molecule has 0 aliphatic carbocycles. The molecule has 0 N–H and O–H groups in total. The smallest absolute Gasteiger partial charge is 0.289 e. The molecule has 9 nitrogen and oxygen atoms in total. The SMILES string of the molecule is Cc1oc(C(=O)N2CCC(c3nnc4ccccn34)CC2)cc1S(=O)(=O)N1CCCC1. The van der Waals surface area contributed by atoms with Gasteiger partial charge in [-0.1, -0.05) is 6.07 Å². The van der Waals surface area contributed by atoms with E-state index in [0.29, 0.717) is 26.2 Å². The fraction of sp³-hybridized carbons (Fsp3) is 0.476. The van der Waals surface area contributed by atoms with Crippen molar-refractivity contribution in [2.75, 3.05) is 26.2 Å². The van der Waals surface area contributed by atoms with E-state index >= 15 is 0 Å². The van der Waals surface area contributed by atoms with Crippen molar-refractivity contribution in [3.05, 3.63) is 47.8 Å². The molecule has 2 saturated heterocycles. The van der Waals surface area contributed by atoms with Gasteiger partial charge in [0.25, 0.3) is 5.91 Å². The lowest BCUT2D eigenvalue weighted by Gasteiger charge is -2.30. The van der Waals surface area contributed by atoms with E-state index in [4.69, 9.17) is 4.42 Å². The highest BCUT2D eigenvalue weighted by molar-refractivity contribution is 7.89. The summed E-state index contributed by atoms with van der Waals surface area (Å²) in [5, 5.41) is 8.57. The minimum absolute atomic E-state index is 0.0849. The van der Waals surface area contributed by atoms with E-state index in [-0.39, 0.29) is 28.2 Å². The minimum Gasteiger partial charge on any atom is -0.455 e. The van der Waals surface area contributed by atoms with Gasteiger partial charge in [0.2, 0.25) is 10.0 Å². The number of hydrogen-bond acceptors (Lipinski definition) is 6. The predicted octanol–water partition coefficient (Wildman–Crippen LogP) is 2.44. The van der Waals surface area contributed by atoms with Gasteiger partial charge in [-0.25, -0.2) is 8.42 Å². The van der Waals surface area contributed by atoms with Gasteiger partial charge in [0.15, 0.2) is 11.4 Å². The number of nitrogens with zero attached hydrogens (tertiary/aromatic N) is 5. The molecule has 3 aromatic rings. The van der Waals surface area contributed by atoms with Gasteiger partial charge in [-0.2, -0.15) is 4.31 Å². The number of pyridine rings is 1. The number of aryl methyl sites for hydroxylation is 1. The highest BCUT2D eigenvalue weighted by Gasteiger charge is 2.34. The molecule has 0 radical (unpaired) electrons. The number of amides is 1. The van der Waals surface area contributed by atoms with Crippen LogP contribution in [0.5, 0.6) is 0 Å². The topological polar surface area (TPSA) is 101 Å². The number of rotatable bonds is 4. The minimum atomic E-state index is -3.62. The number of carbonyl (C=O) groups excluding carboxylic acids is 1. The summed E-state index contributed by atoms with van der Waals surface area (Å²) in [4.78, 5) is 14.8. The monoisotopic (exact) mass is 443 g/mol. The van der Waals surface area contributed by atoms with Crippen LogP contribution in [-0.2, 0) is 10.0 Å². The molecule has 5 heterocycles. The Morgan fingerprint density at radius 3 is 2.58 bits per heavy atom. The average Bonchev–Trinajstić information content (AvgIpc) is 3.53. The lowest BCUT2D eigenvalue weighted by Crippen LogP contribution is -2.38. The van der Waals surface area contributed by atoms with Crippen LogP contribution in [0.2, 0.25) is 0 Å². The number of carbonyl (C=O) groups is 1. The van der Waals surface area contributed by atoms with Crippen molar-refractivity contribution in [2.24, 2.45) is 0 Å². The zero-order chi connectivity index (χ0) is 21.6. The molecule has 2 aliphatic heterocycles. The third-order valence-corrected chi connectivity index (χ3v) is 8.26. The predicted molar refractivity (Wildman–Crippen MR) is 112 cm³/mol. The molecule has 0 saturated carbocycles. The summed E-state index contributed by atoms with van der Waals surface area (Å²) in [6, 6.07) is 7.19. The summed E-state index contributed by atoms with van der Waals surface area (Å²) < 4.78 is 34.8. The van der Waals surface area contributed by atoms with Crippen LogP contribution in [0.4, 0.5) is 0 Å². The molecule has 0 bridgehead atoms. The maximum Gasteiger partial charge on any atom is 0.289 e. The van der Waals surface area contributed by atoms with Crippen LogP contribution in [-0.4, -0.2) is 64.3 Å². The van der Waals surface area contributed by atoms with Gasteiger partial charge in [-0.05, 0) is 44.7 Å². The van der Waals surface area contributed by atoms with E-state index < -0.39 is 10.0 Å². The lowest BCUT2D eigenvalue weighted by molar-refractivity contribution is 0.0677. The normalized spacial score (nSPS) is 18.8. The van der Waals surface area contributed by atoms with E-state index in [2.05, 4.69) is 10.2 Å². The van der Waals surface area contributed by atoms with Gasteiger partial charge < -0.3 is 9.32 Å². The Morgan fingerprint density at radius 2 is 1.84 bits per heavy atom. The van der Waals surface area contributed by atoms with Crippen molar-refractivity contribution >= 4 is 21.6 Å². The van der Waals surface area contributed by atoms with E-state index in [1.165, 1.54) is 10.4 Å². The Kier molecular flexibility index (Phi) is 5.05. The Balaban J connectivity index is 1.30. The van der Waals surface area contributed by atoms with Crippen LogP contribution in [0, 0.1) is 6.92 Å². The molecule has 3 aromatic heterocycles. The van der Waals surface area contributed by atoms with Gasteiger partial charge in [-0.15, -0.1) is 10.2 Å². The standard InChI is InChI=1S/C21H25N5O4S/c1-15-18(31(28,29)25-9-4-5-10-25)14-17(30-15)21(27)24-12-7-16(8-13-24)20-23-22-19-6-2-3-11-26(19)20/h2-3,6,11,14,16H,4-5,7-10,12-13H2,1H3. The number of aromatic nitrogens is 3. The first-order chi connectivity index (χ1) is 14.9. The van der Waals surface area contributed by atoms with E-state index in [1.807, 2.05) is 28.8 Å². The molecular weight excluding hydrogens is 418 g/mol. The number of hydrogen-bond donors (Lipinski definition) is 0. The zero-order valence-corrected chi connectivity index (χ0v) is 18.2. The van der Waals surface area contributed by atoms with Gasteiger partial charge in [0.05, 0.1) is 0 Å². The number of furan rings is 1. The molecule has 0 unspecified atom stereocenters. The third-order valence-electron chi connectivity index (χ3n) is 6.25. The number of sulfonamides is 1. The van der Waals surface area contributed by atoms with Crippen molar-refractivity contribution in [2.45, 2.75) is 43.4 Å². The first-order valence-electron chi connectivity index (χ1n) is 10.6. The van der Waals surface area contributed by atoms with Crippen molar-refractivity contribution in [1.29, 1.82) is 0 Å². The Labute approximate surface area is 180 Å². The van der Waals surface area contributed by atoms with Crippen LogP contribution in [0.1, 0.15) is 53.7 Å². The van der Waals surface area contributed by atoms with Crippen LogP contribution in [0.25, 0.3) is 5.65 Å². The highest BCUT2D eigenvalue weighted by Crippen LogP contribution is 2.30. The molecule has 0 spiro atoms. The van der Waals surface area contributed by atoms with E-state index in [0.717, 1.165) is 37.2 Å². The Hall–Kier alpha value is -2.72. The molecule has 31 heavy (non-hydrogen) atoms. The molecule has 164 valence electrons. The second kappa shape index (κ2) is 7.76. The fourth-order valence-corrected chi connectivity index (χ4v) is 6.21. The molecule has 2 aliphatic rings. The van der Waals surface area contributed by atoms with Crippen LogP contribution in [0.3, 0.4) is 0 Å². The van der Waals surface area contributed by atoms with Crippen molar-refractivity contribution in [1.82, 2.24) is 23.8 Å². The molecular formula is C21H25N5O4S. The Bertz CT molecular complexity index is 1220. The quantitative estimate of drug-likeness (QED) is 0.614. The number of piperidine rings is 1. The second-order valence-corrected chi connectivity index (χ2v) is 10.1. The summed E-state index contributed by atoms with van der Waals surface area (Å²) in [6.07, 6.45) is 5.20. The number of fused-ring (bicyclic) bond motifs is 1. The first kappa shape index (κ1) is 20.2. The second-order valence-electron chi connectivity index (χ2n) is 8.20. The number of likely N-dealkylation sites (tertiary alicyclic amines) is 1. The third kappa shape index (κ3) is 3.53. The molecule has 0 atom stereocenters. The van der Waals surface area contributed by atoms with Crippen molar-refractivity contribution in [3.63, 3.8) is 0 Å². The van der Waals surface area contributed by atoms with Gasteiger partial charge >= 0.3 is 0 Å². The van der Waals surface area contributed by atoms with Crippen LogP contribution < -0.4 is 0 Å².